The Hall–Kier alpha value is -1.21. The highest BCUT2D eigenvalue weighted by Gasteiger charge is 2.17. The van der Waals surface area contributed by atoms with Gasteiger partial charge in [-0.05, 0) is 59.1 Å². The molecule has 1 aromatic heterocycles. The van der Waals surface area contributed by atoms with Crippen molar-refractivity contribution >= 4 is 36.0 Å². The highest BCUT2D eigenvalue weighted by molar-refractivity contribution is 7.81. The van der Waals surface area contributed by atoms with Crippen LogP contribution < -0.4 is 5.32 Å². The molecule has 0 saturated heterocycles. The van der Waals surface area contributed by atoms with Crippen LogP contribution in [-0.2, 0) is 15.9 Å². The summed E-state index contributed by atoms with van der Waals surface area (Å²) < 4.78 is 10.2. The van der Waals surface area contributed by atoms with Gasteiger partial charge in [-0.15, -0.1) is 11.3 Å². The van der Waals surface area contributed by atoms with E-state index >= 15 is 0 Å². The zero-order chi connectivity index (χ0) is 18.3. The standard InChI is InChI=1S/C17H27NO4S2/c1-6-21-15(19)14-9-11(2)13(24-14)8-7-12(23)10-18-16(20)22-17(3,4)5/h9,12,23H,6-8,10H2,1-5H3,(H,18,20). The van der Waals surface area contributed by atoms with Crippen LogP contribution in [-0.4, -0.2) is 36.1 Å². The molecule has 1 atom stereocenters. The van der Waals surface area contributed by atoms with Gasteiger partial charge in [0.2, 0.25) is 0 Å². The van der Waals surface area contributed by atoms with Crippen LogP contribution in [0.1, 0.15) is 54.2 Å². The Bertz CT molecular complexity index is 563. The van der Waals surface area contributed by atoms with Crippen molar-refractivity contribution < 1.29 is 19.1 Å². The van der Waals surface area contributed by atoms with E-state index in [0.717, 1.165) is 23.3 Å². The fourth-order valence-corrected chi connectivity index (χ4v) is 3.29. The summed E-state index contributed by atoms with van der Waals surface area (Å²) in [6.07, 6.45) is 1.17. The number of hydrogen-bond donors (Lipinski definition) is 2. The predicted octanol–water partition coefficient (Wildman–Crippen LogP) is 3.99. The molecule has 136 valence electrons. The van der Waals surface area contributed by atoms with Crippen LogP contribution in [0.4, 0.5) is 4.79 Å². The molecular formula is C17H27NO4S2. The van der Waals surface area contributed by atoms with Crippen molar-refractivity contribution in [1.29, 1.82) is 0 Å². The number of amides is 1. The number of thiol groups is 1. The Kier molecular flexibility index (Phi) is 8.09. The molecule has 0 aliphatic heterocycles. The molecule has 0 radical (unpaired) electrons. The first-order valence-electron chi connectivity index (χ1n) is 8.03. The number of hydrogen-bond acceptors (Lipinski definition) is 6. The van der Waals surface area contributed by atoms with Crippen molar-refractivity contribution in [2.45, 2.75) is 58.3 Å². The minimum Gasteiger partial charge on any atom is -0.462 e. The summed E-state index contributed by atoms with van der Waals surface area (Å²) in [5.74, 6) is -0.272. The van der Waals surface area contributed by atoms with Crippen molar-refractivity contribution in [2.75, 3.05) is 13.2 Å². The van der Waals surface area contributed by atoms with E-state index in [1.807, 2.05) is 33.8 Å². The lowest BCUT2D eigenvalue weighted by Gasteiger charge is -2.20. The fraction of sp³-hybridized carbons (Fsp3) is 0.647. The number of alkyl carbamates (subject to hydrolysis) is 1. The number of ether oxygens (including phenoxy) is 2. The minimum atomic E-state index is -0.506. The molecule has 0 aromatic carbocycles. The normalized spacial score (nSPS) is 12.6. The Morgan fingerprint density at radius 2 is 2.04 bits per heavy atom. The van der Waals surface area contributed by atoms with E-state index in [2.05, 4.69) is 17.9 Å². The molecule has 0 aliphatic carbocycles. The van der Waals surface area contributed by atoms with Gasteiger partial charge in [-0.1, -0.05) is 0 Å². The van der Waals surface area contributed by atoms with Gasteiger partial charge in [0.15, 0.2) is 0 Å². The van der Waals surface area contributed by atoms with Crippen LogP contribution in [0.2, 0.25) is 0 Å². The molecule has 1 unspecified atom stereocenters. The van der Waals surface area contributed by atoms with Crippen molar-refractivity contribution in [2.24, 2.45) is 0 Å². The van der Waals surface area contributed by atoms with Crippen LogP contribution in [0.15, 0.2) is 6.07 Å². The molecule has 0 bridgehead atoms. The summed E-state index contributed by atoms with van der Waals surface area (Å²) in [4.78, 5) is 25.1. The van der Waals surface area contributed by atoms with E-state index < -0.39 is 11.7 Å². The van der Waals surface area contributed by atoms with Gasteiger partial charge in [-0.2, -0.15) is 12.6 Å². The zero-order valence-corrected chi connectivity index (χ0v) is 16.7. The summed E-state index contributed by atoms with van der Waals surface area (Å²) in [7, 11) is 0. The third-order valence-electron chi connectivity index (χ3n) is 3.08. The number of nitrogens with one attached hydrogen (secondary N) is 1. The lowest BCUT2D eigenvalue weighted by atomic mass is 10.1. The predicted molar refractivity (Wildman–Crippen MR) is 100 cm³/mol. The first-order valence-corrected chi connectivity index (χ1v) is 9.37. The van der Waals surface area contributed by atoms with Crippen LogP contribution in [0.5, 0.6) is 0 Å². The SMILES string of the molecule is CCOC(=O)c1cc(C)c(CCC(S)CNC(=O)OC(C)(C)C)s1. The Morgan fingerprint density at radius 3 is 2.62 bits per heavy atom. The van der Waals surface area contributed by atoms with E-state index in [1.54, 1.807) is 6.92 Å². The second-order valence-corrected chi connectivity index (χ2v) is 8.38. The number of rotatable bonds is 7. The third kappa shape index (κ3) is 7.57. The smallest absolute Gasteiger partial charge is 0.407 e. The van der Waals surface area contributed by atoms with Gasteiger partial charge in [0, 0.05) is 16.7 Å². The molecule has 0 aliphatic rings. The molecule has 1 heterocycles. The molecule has 24 heavy (non-hydrogen) atoms. The quantitative estimate of drug-likeness (QED) is 0.560. The number of aryl methyl sites for hydroxylation is 2. The van der Waals surface area contributed by atoms with E-state index in [9.17, 15) is 9.59 Å². The van der Waals surface area contributed by atoms with E-state index in [0.29, 0.717) is 18.0 Å². The van der Waals surface area contributed by atoms with Gasteiger partial charge < -0.3 is 14.8 Å². The van der Waals surface area contributed by atoms with E-state index in [4.69, 9.17) is 9.47 Å². The lowest BCUT2D eigenvalue weighted by molar-refractivity contribution is 0.0519. The van der Waals surface area contributed by atoms with Gasteiger partial charge in [0.1, 0.15) is 10.5 Å². The highest BCUT2D eigenvalue weighted by atomic mass is 32.1. The van der Waals surface area contributed by atoms with Gasteiger partial charge in [0.05, 0.1) is 6.61 Å². The van der Waals surface area contributed by atoms with Crippen molar-refractivity contribution in [3.05, 3.63) is 21.4 Å². The monoisotopic (exact) mass is 373 g/mol. The summed E-state index contributed by atoms with van der Waals surface area (Å²) in [6, 6.07) is 1.87. The second-order valence-electron chi connectivity index (χ2n) is 6.51. The first kappa shape index (κ1) is 20.8. The number of esters is 1. The second kappa shape index (κ2) is 9.32. The summed E-state index contributed by atoms with van der Waals surface area (Å²) >= 11 is 5.97. The third-order valence-corrected chi connectivity index (χ3v) is 4.80. The minimum absolute atomic E-state index is 0.0186. The van der Waals surface area contributed by atoms with Crippen molar-refractivity contribution in [1.82, 2.24) is 5.32 Å². The Morgan fingerprint density at radius 1 is 1.38 bits per heavy atom. The van der Waals surface area contributed by atoms with Gasteiger partial charge >= 0.3 is 12.1 Å². The maximum atomic E-state index is 11.8. The van der Waals surface area contributed by atoms with Gasteiger partial charge in [0.25, 0.3) is 0 Å². The first-order chi connectivity index (χ1) is 11.1. The molecule has 7 heteroatoms. The van der Waals surface area contributed by atoms with Gasteiger partial charge in [-0.25, -0.2) is 9.59 Å². The maximum absolute atomic E-state index is 11.8. The van der Waals surface area contributed by atoms with Crippen molar-refractivity contribution in [3.63, 3.8) is 0 Å². The Labute approximate surface area is 153 Å². The number of thiophene rings is 1. The van der Waals surface area contributed by atoms with Crippen LogP contribution in [0.25, 0.3) is 0 Å². The van der Waals surface area contributed by atoms with Crippen LogP contribution in [0, 0.1) is 6.92 Å². The topological polar surface area (TPSA) is 64.6 Å². The molecule has 1 rings (SSSR count). The summed E-state index contributed by atoms with van der Waals surface area (Å²) in [6.45, 7) is 10.1. The molecule has 0 fully saturated rings. The number of carbonyl (C=O) groups is 2. The largest absolute Gasteiger partial charge is 0.462 e. The van der Waals surface area contributed by atoms with E-state index in [-0.39, 0.29) is 11.2 Å². The van der Waals surface area contributed by atoms with Crippen LogP contribution in [0.3, 0.4) is 0 Å². The van der Waals surface area contributed by atoms with Crippen molar-refractivity contribution in [3.8, 4) is 0 Å². The maximum Gasteiger partial charge on any atom is 0.407 e. The lowest BCUT2D eigenvalue weighted by Crippen LogP contribution is -2.35. The molecule has 0 spiro atoms. The molecular weight excluding hydrogens is 346 g/mol. The molecule has 1 aromatic rings. The summed E-state index contributed by atoms with van der Waals surface area (Å²) in [5, 5.41) is 2.74. The molecule has 5 nitrogen and oxygen atoms in total. The molecule has 1 amide bonds. The van der Waals surface area contributed by atoms with E-state index in [1.165, 1.54) is 11.3 Å². The molecule has 0 saturated carbocycles. The van der Waals surface area contributed by atoms with Gasteiger partial charge in [-0.3, -0.25) is 0 Å². The zero-order valence-electron chi connectivity index (χ0n) is 15.0. The average molecular weight is 374 g/mol. The summed E-state index contributed by atoms with van der Waals surface area (Å²) in [5.41, 5.74) is 0.581. The number of carbonyl (C=O) groups excluding carboxylic acids is 2. The molecule has 1 N–H and O–H groups in total. The average Bonchev–Trinajstić information content (AvgIpc) is 2.83. The van der Waals surface area contributed by atoms with Crippen LogP contribution >= 0.6 is 24.0 Å². The fourth-order valence-electron chi connectivity index (χ4n) is 1.99. The Balaban J connectivity index is 2.43. The highest BCUT2D eigenvalue weighted by Crippen LogP contribution is 2.25.